The van der Waals surface area contributed by atoms with Crippen molar-refractivity contribution in [2.45, 2.75) is 64.5 Å². The minimum atomic E-state index is -0.907. The molecule has 184 valence electrons. The molecule has 7 nitrogen and oxygen atoms in total. The number of carboxylic acids is 1. The largest absolute Gasteiger partial charge is 0.478 e. The monoisotopic (exact) mass is 467 g/mol. The van der Waals surface area contributed by atoms with Crippen LogP contribution < -0.4 is 10.2 Å². The summed E-state index contributed by atoms with van der Waals surface area (Å²) < 4.78 is 0. The fraction of sp³-hybridized carbons (Fsp3) is 0.481. The number of aliphatic hydroxyl groups excluding tert-OH is 1. The van der Waals surface area contributed by atoms with Crippen LogP contribution in [0.5, 0.6) is 0 Å². The zero-order chi connectivity index (χ0) is 25.2. The van der Waals surface area contributed by atoms with Gasteiger partial charge in [-0.15, -0.1) is 6.58 Å². The molecule has 0 aliphatic carbocycles. The summed E-state index contributed by atoms with van der Waals surface area (Å²) >= 11 is 0. The Hall–Kier alpha value is -3.06. The highest BCUT2D eigenvalue weighted by Gasteiger charge is 2.34. The molecule has 3 rings (SSSR count). The van der Waals surface area contributed by atoms with E-state index in [2.05, 4.69) is 35.9 Å². The molecule has 1 aromatic carbocycles. The Kier molecular flexibility index (Phi) is 7.56. The van der Waals surface area contributed by atoms with Gasteiger partial charge in [-0.3, -0.25) is 4.79 Å². The number of rotatable bonds is 8. The highest BCUT2D eigenvalue weighted by molar-refractivity contribution is 6.00. The number of anilines is 1. The van der Waals surface area contributed by atoms with Gasteiger partial charge < -0.3 is 25.4 Å². The zero-order valence-electron chi connectivity index (χ0n) is 20.8. The normalized spacial score (nSPS) is 21.0. The van der Waals surface area contributed by atoms with Crippen LogP contribution in [0.1, 0.15) is 51.7 Å². The maximum absolute atomic E-state index is 13.1. The van der Waals surface area contributed by atoms with Crippen LogP contribution in [0, 0.1) is 5.92 Å². The summed E-state index contributed by atoms with van der Waals surface area (Å²) in [6.45, 7) is 11.7. The van der Waals surface area contributed by atoms with E-state index in [0.29, 0.717) is 24.8 Å². The molecule has 0 unspecified atom stereocenters. The van der Waals surface area contributed by atoms with Crippen LogP contribution in [0.4, 0.5) is 5.69 Å². The van der Waals surface area contributed by atoms with Gasteiger partial charge in [0.25, 0.3) is 0 Å². The molecular formula is C27H37N3O4. The molecule has 3 atom stereocenters. The van der Waals surface area contributed by atoms with Gasteiger partial charge in [-0.05, 0) is 49.3 Å². The topological polar surface area (TPSA) is 106 Å². The summed E-state index contributed by atoms with van der Waals surface area (Å²) in [4.78, 5) is 29.8. The number of nitrogens with one attached hydrogen (secondary N) is 2. The second-order valence-corrected chi connectivity index (χ2v) is 9.94. The van der Waals surface area contributed by atoms with Gasteiger partial charge in [-0.25, -0.2) is 4.79 Å². The van der Waals surface area contributed by atoms with Crippen LogP contribution in [0.2, 0.25) is 0 Å². The lowest BCUT2D eigenvalue weighted by atomic mass is 9.77. The summed E-state index contributed by atoms with van der Waals surface area (Å²) in [7, 11) is 1.95. The molecule has 1 aliphatic heterocycles. The zero-order valence-corrected chi connectivity index (χ0v) is 20.8. The van der Waals surface area contributed by atoms with Gasteiger partial charge in [0.05, 0.1) is 18.2 Å². The molecule has 0 bridgehead atoms. The predicted molar refractivity (Wildman–Crippen MR) is 136 cm³/mol. The molecular weight excluding hydrogens is 430 g/mol. The van der Waals surface area contributed by atoms with E-state index in [1.165, 1.54) is 0 Å². The van der Waals surface area contributed by atoms with Gasteiger partial charge in [-0.2, -0.15) is 0 Å². The van der Waals surface area contributed by atoms with Gasteiger partial charge >= 0.3 is 5.97 Å². The fourth-order valence-electron chi connectivity index (χ4n) is 5.04. The summed E-state index contributed by atoms with van der Waals surface area (Å²) in [6.07, 6.45) is 7.47. The third-order valence-electron chi connectivity index (χ3n) is 7.14. The van der Waals surface area contributed by atoms with Crippen LogP contribution >= 0.6 is 0 Å². The molecule has 0 radical (unpaired) electrons. The molecule has 34 heavy (non-hydrogen) atoms. The summed E-state index contributed by atoms with van der Waals surface area (Å²) in [6, 6.07) is 3.40. The lowest BCUT2D eigenvalue weighted by Crippen LogP contribution is -2.52. The van der Waals surface area contributed by atoms with Gasteiger partial charge in [-0.1, -0.05) is 39.0 Å². The van der Waals surface area contributed by atoms with Crippen LogP contribution in [-0.4, -0.2) is 52.8 Å². The number of likely N-dealkylation sites (N-methyl/N-ethyl adjacent to an activating group) is 1. The molecule has 1 amide bonds. The van der Waals surface area contributed by atoms with Crippen molar-refractivity contribution in [1.29, 1.82) is 0 Å². The molecule has 4 N–H and O–H groups in total. The van der Waals surface area contributed by atoms with Crippen LogP contribution in [0.15, 0.2) is 42.6 Å². The van der Waals surface area contributed by atoms with E-state index < -0.39 is 11.4 Å². The summed E-state index contributed by atoms with van der Waals surface area (Å²) in [5, 5.41) is 23.2. The van der Waals surface area contributed by atoms with E-state index in [1.807, 2.05) is 38.1 Å². The van der Waals surface area contributed by atoms with E-state index in [9.17, 15) is 14.7 Å². The third kappa shape index (κ3) is 4.75. The predicted octanol–water partition coefficient (Wildman–Crippen LogP) is 3.92. The summed E-state index contributed by atoms with van der Waals surface area (Å²) in [5.41, 5.74) is 4.00. The molecule has 0 spiro atoms. The van der Waals surface area contributed by atoms with Gasteiger partial charge in [0.1, 0.15) is 6.04 Å². The van der Waals surface area contributed by atoms with E-state index in [1.54, 1.807) is 13.0 Å². The number of hydrogen-bond donors (Lipinski definition) is 4. The number of benzene rings is 1. The number of amides is 1. The van der Waals surface area contributed by atoms with E-state index in [-0.39, 0.29) is 30.5 Å². The highest BCUT2D eigenvalue weighted by atomic mass is 16.4. The maximum Gasteiger partial charge on any atom is 0.330 e. The number of carbonyl (C=O) groups excluding carboxylic acids is 1. The molecule has 0 saturated heterocycles. The molecule has 1 aliphatic rings. The SMILES string of the molecule is C=C[C@@](C)(CC/C=C(\C)C(=O)O)c1ccc2c3c(c[nH]c13)C[C@@H](CO)NC(=O)[C@H](C(C)C)N2C. The standard InChI is InChI=1S/C27H37N3O4/c1-7-27(5,12-8-9-17(4)26(33)34)20-10-11-21-22-18(14-28-23(20)22)13-19(15-31)29-25(32)24(16(2)3)30(21)6/h7,9-11,14,16,19,24,28,31H,1,8,12-13,15H2,2-6H3,(H,29,32)(H,33,34)/b17-9+/t19-,24-,27-/m0/s1. The Morgan fingerprint density at radius 1 is 1.38 bits per heavy atom. The third-order valence-corrected chi connectivity index (χ3v) is 7.14. The van der Waals surface area contributed by atoms with E-state index in [0.717, 1.165) is 27.7 Å². The first-order valence-corrected chi connectivity index (χ1v) is 11.8. The second kappa shape index (κ2) is 10.1. The lowest BCUT2D eigenvalue weighted by molar-refractivity contribution is -0.132. The Bertz CT molecular complexity index is 1120. The molecule has 0 fully saturated rings. The van der Waals surface area contributed by atoms with Crippen molar-refractivity contribution < 1.29 is 19.8 Å². The smallest absolute Gasteiger partial charge is 0.330 e. The average Bonchev–Trinajstić information content (AvgIpc) is 3.21. The minimum Gasteiger partial charge on any atom is -0.478 e. The number of hydrogen-bond acceptors (Lipinski definition) is 4. The summed E-state index contributed by atoms with van der Waals surface area (Å²) in [5.74, 6) is -0.919. The first kappa shape index (κ1) is 25.6. The lowest BCUT2D eigenvalue weighted by Gasteiger charge is -2.33. The van der Waals surface area contributed by atoms with Gasteiger partial charge in [0, 0.05) is 35.3 Å². The van der Waals surface area contributed by atoms with Crippen molar-refractivity contribution in [3.63, 3.8) is 0 Å². The fourth-order valence-corrected chi connectivity index (χ4v) is 5.04. The van der Waals surface area contributed by atoms with Gasteiger partial charge in [0.2, 0.25) is 5.91 Å². The molecule has 2 heterocycles. The van der Waals surface area contributed by atoms with Crippen molar-refractivity contribution in [3.8, 4) is 0 Å². The number of carbonyl (C=O) groups is 2. The van der Waals surface area contributed by atoms with Crippen molar-refractivity contribution in [2.24, 2.45) is 5.92 Å². The minimum absolute atomic E-state index is 0.0715. The number of aliphatic carboxylic acids is 1. The molecule has 1 aromatic heterocycles. The highest BCUT2D eigenvalue weighted by Crippen LogP contribution is 2.41. The second-order valence-electron chi connectivity index (χ2n) is 9.94. The van der Waals surface area contributed by atoms with Crippen molar-refractivity contribution in [1.82, 2.24) is 10.3 Å². The quantitative estimate of drug-likeness (QED) is 0.348. The number of H-pyrrole nitrogens is 1. The van der Waals surface area contributed by atoms with Crippen LogP contribution in [-0.2, 0) is 21.4 Å². The van der Waals surface area contributed by atoms with Crippen molar-refractivity contribution >= 4 is 28.5 Å². The number of carboxylic acid groups (broad SMARTS) is 1. The Labute approximate surface area is 201 Å². The van der Waals surface area contributed by atoms with E-state index in [4.69, 9.17) is 5.11 Å². The van der Waals surface area contributed by atoms with Gasteiger partial charge in [0.15, 0.2) is 0 Å². The van der Waals surface area contributed by atoms with E-state index >= 15 is 0 Å². The first-order chi connectivity index (χ1) is 16.0. The number of aliphatic hydroxyl groups is 1. The first-order valence-electron chi connectivity index (χ1n) is 11.8. The number of allylic oxidation sites excluding steroid dienone is 2. The Balaban J connectivity index is 2.15. The molecule has 0 saturated carbocycles. The number of nitrogens with zero attached hydrogens (tertiary/aromatic N) is 1. The Morgan fingerprint density at radius 3 is 2.68 bits per heavy atom. The number of aromatic nitrogens is 1. The maximum atomic E-state index is 13.1. The van der Waals surface area contributed by atoms with Crippen LogP contribution in [0.3, 0.4) is 0 Å². The molecule has 7 heteroatoms. The number of aromatic amines is 1. The average molecular weight is 468 g/mol. The van der Waals surface area contributed by atoms with Crippen LogP contribution in [0.25, 0.3) is 10.9 Å². The Morgan fingerprint density at radius 2 is 2.09 bits per heavy atom. The van der Waals surface area contributed by atoms with Crippen molar-refractivity contribution in [2.75, 3.05) is 18.6 Å². The molecule has 2 aromatic rings. The van der Waals surface area contributed by atoms with Crippen molar-refractivity contribution in [3.05, 3.63) is 53.8 Å².